The lowest BCUT2D eigenvalue weighted by Gasteiger charge is -2.37. The molecule has 0 bridgehead atoms. The second kappa shape index (κ2) is 6.17. The van der Waals surface area contributed by atoms with E-state index in [-0.39, 0.29) is 24.8 Å². The number of benzene rings is 2. The number of ether oxygens (including phenoxy) is 1. The van der Waals surface area contributed by atoms with Crippen molar-refractivity contribution in [1.29, 1.82) is 0 Å². The molecular formula is C19H18FNO4S. The third kappa shape index (κ3) is 2.91. The number of carbonyl (C=O) groups is 1. The molecule has 2 heterocycles. The molecule has 1 saturated heterocycles. The lowest BCUT2D eigenvalue weighted by molar-refractivity contribution is -0.0329. The van der Waals surface area contributed by atoms with Crippen LogP contribution in [-0.4, -0.2) is 31.8 Å². The third-order valence-electron chi connectivity index (χ3n) is 5.11. The van der Waals surface area contributed by atoms with Crippen LogP contribution in [0.3, 0.4) is 0 Å². The Balaban J connectivity index is 1.50. The summed E-state index contributed by atoms with van der Waals surface area (Å²) in [4.78, 5) is 12.1. The number of rotatable bonds is 3. The molecule has 26 heavy (non-hydrogen) atoms. The van der Waals surface area contributed by atoms with Gasteiger partial charge in [0, 0.05) is 31.5 Å². The fourth-order valence-electron chi connectivity index (χ4n) is 3.73. The zero-order chi connectivity index (χ0) is 18.4. The Morgan fingerprint density at radius 2 is 1.69 bits per heavy atom. The van der Waals surface area contributed by atoms with Crippen LogP contribution in [0.5, 0.6) is 0 Å². The lowest BCUT2D eigenvalue weighted by Crippen LogP contribution is -2.45. The lowest BCUT2D eigenvalue weighted by atomic mass is 9.84. The Kier molecular flexibility index (Phi) is 4.08. The zero-order valence-corrected chi connectivity index (χ0v) is 14.8. The molecule has 7 heteroatoms. The van der Waals surface area contributed by atoms with Crippen LogP contribution >= 0.6 is 0 Å². The summed E-state index contributed by atoms with van der Waals surface area (Å²) in [5, 5.41) is 0. The van der Waals surface area contributed by atoms with Gasteiger partial charge in [0.1, 0.15) is 11.4 Å². The highest BCUT2D eigenvalue weighted by molar-refractivity contribution is 7.88. The topological polar surface area (TPSA) is 63.7 Å². The third-order valence-corrected chi connectivity index (χ3v) is 6.96. The predicted octanol–water partition coefficient (Wildman–Crippen LogP) is 2.82. The van der Waals surface area contributed by atoms with Crippen LogP contribution in [0.4, 0.5) is 4.39 Å². The van der Waals surface area contributed by atoms with E-state index in [0.717, 1.165) is 5.56 Å². The summed E-state index contributed by atoms with van der Waals surface area (Å²) in [6.07, 6.45) is 0.858. The Bertz CT molecular complexity index is 948. The van der Waals surface area contributed by atoms with Gasteiger partial charge >= 0.3 is 5.97 Å². The molecule has 2 aromatic carbocycles. The summed E-state index contributed by atoms with van der Waals surface area (Å²) in [6, 6.07) is 12.7. The highest BCUT2D eigenvalue weighted by atomic mass is 32.2. The number of hydrogen-bond acceptors (Lipinski definition) is 4. The maximum absolute atomic E-state index is 13.0. The summed E-state index contributed by atoms with van der Waals surface area (Å²) in [5.74, 6) is -0.910. The molecule has 0 saturated carbocycles. The van der Waals surface area contributed by atoms with E-state index in [9.17, 15) is 17.6 Å². The predicted molar refractivity (Wildman–Crippen MR) is 93.4 cm³/mol. The van der Waals surface area contributed by atoms with E-state index < -0.39 is 21.4 Å². The van der Waals surface area contributed by atoms with Crippen LogP contribution < -0.4 is 0 Å². The minimum Gasteiger partial charge on any atom is -0.450 e. The smallest absolute Gasteiger partial charge is 0.339 e. The van der Waals surface area contributed by atoms with E-state index in [1.54, 1.807) is 12.1 Å². The fourth-order valence-corrected chi connectivity index (χ4v) is 5.26. The molecule has 1 spiro atoms. The second-order valence-corrected chi connectivity index (χ2v) is 8.68. The van der Waals surface area contributed by atoms with Crippen molar-refractivity contribution in [3.63, 3.8) is 0 Å². The number of carbonyl (C=O) groups excluding carboxylic acids is 1. The first kappa shape index (κ1) is 17.2. The molecule has 0 unspecified atom stereocenters. The Hall–Kier alpha value is -2.25. The Labute approximate surface area is 151 Å². The van der Waals surface area contributed by atoms with E-state index >= 15 is 0 Å². The van der Waals surface area contributed by atoms with E-state index in [0.29, 0.717) is 24.0 Å². The molecule has 136 valence electrons. The number of halogens is 1. The second-order valence-electron chi connectivity index (χ2n) is 6.71. The number of nitrogens with zero attached hydrogens (tertiary/aromatic N) is 1. The van der Waals surface area contributed by atoms with E-state index in [4.69, 9.17) is 4.74 Å². The molecule has 0 aliphatic carbocycles. The first-order valence-electron chi connectivity index (χ1n) is 8.45. The Morgan fingerprint density at radius 3 is 2.38 bits per heavy atom. The van der Waals surface area contributed by atoms with Crippen LogP contribution in [0.1, 0.15) is 34.3 Å². The normalized spacial score (nSPS) is 19.3. The van der Waals surface area contributed by atoms with Crippen molar-refractivity contribution in [1.82, 2.24) is 4.31 Å². The average molecular weight is 375 g/mol. The summed E-state index contributed by atoms with van der Waals surface area (Å²) in [6.45, 7) is 0.566. The minimum absolute atomic E-state index is 0.170. The molecule has 0 aromatic heterocycles. The number of fused-ring (bicyclic) bond motifs is 2. The van der Waals surface area contributed by atoms with Gasteiger partial charge in [0.2, 0.25) is 10.0 Å². The molecule has 2 aliphatic rings. The standard InChI is InChI=1S/C19H18FNO4S/c20-15-7-5-14(6-8-15)13-26(23,24)21-11-9-19(10-12-21)17-4-2-1-3-16(17)18(22)25-19/h1-8H,9-13H2. The highest BCUT2D eigenvalue weighted by Gasteiger charge is 2.48. The van der Waals surface area contributed by atoms with Crippen LogP contribution in [-0.2, 0) is 26.1 Å². The van der Waals surface area contributed by atoms with E-state index in [1.807, 2.05) is 12.1 Å². The van der Waals surface area contributed by atoms with Crippen molar-refractivity contribution in [3.05, 3.63) is 71.0 Å². The average Bonchev–Trinajstić information content (AvgIpc) is 2.90. The molecule has 0 amide bonds. The summed E-state index contributed by atoms with van der Waals surface area (Å²) >= 11 is 0. The molecule has 5 nitrogen and oxygen atoms in total. The van der Waals surface area contributed by atoms with Crippen molar-refractivity contribution in [2.24, 2.45) is 0 Å². The molecule has 0 atom stereocenters. The quantitative estimate of drug-likeness (QED) is 0.774. The van der Waals surface area contributed by atoms with Crippen LogP contribution in [0, 0.1) is 5.82 Å². The molecular weight excluding hydrogens is 357 g/mol. The zero-order valence-electron chi connectivity index (χ0n) is 14.0. The number of esters is 1. The van der Waals surface area contributed by atoms with Gasteiger partial charge in [-0.3, -0.25) is 0 Å². The van der Waals surface area contributed by atoms with Crippen molar-refractivity contribution in [2.75, 3.05) is 13.1 Å². The fraction of sp³-hybridized carbons (Fsp3) is 0.316. The van der Waals surface area contributed by atoms with Gasteiger partial charge in [-0.25, -0.2) is 21.9 Å². The molecule has 4 rings (SSSR count). The van der Waals surface area contributed by atoms with Crippen LogP contribution in [0.15, 0.2) is 48.5 Å². The minimum atomic E-state index is -3.52. The highest BCUT2D eigenvalue weighted by Crippen LogP contribution is 2.44. The largest absolute Gasteiger partial charge is 0.450 e. The molecule has 0 N–H and O–H groups in total. The number of piperidine rings is 1. The van der Waals surface area contributed by atoms with Gasteiger partial charge in [-0.2, -0.15) is 0 Å². The van der Waals surface area contributed by atoms with E-state index in [2.05, 4.69) is 0 Å². The van der Waals surface area contributed by atoms with Crippen molar-refractivity contribution in [2.45, 2.75) is 24.2 Å². The van der Waals surface area contributed by atoms with Crippen molar-refractivity contribution < 1.29 is 22.3 Å². The Morgan fingerprint density at radius 1 is 1.04 bits per heavy atom. The van der Waals surface area contributed by atoms with Crippen LogP contribution in [0.2, 0.25) is 0 Å². The first-order chi connectivity index (χ1) is 12.4. The van der Waals surface area contributed by atoms with Gasteiger partial charge in [-0.1, -0.05) is 30.3 Å². The van der Waals surface area contributed by atoms with Gasteiger partial charge in [0.25, 0.3) is 0 Å². The molecule has 0 radical (unpaired) electrons. The van der Waals surface area contributed by atoms with Gasteiger partial charge in [-0.05, 0) is 23.8 Å². The van der Waals surface area contributed by atoms with Gasteiger partial charge in [0.15, 0.2) is 0 Å². The van der Waals surface area contributed by atoms with E-state index in [1.165, 1.54) is 28.6 Å². The molecule has 2 aliphatic heterocycles. The summed E-state index contributed by atoms with van der Waals surface area (Å²) < 4.78 is 45.4. The van der Waals surface area contributed by atoms with Crippen molar-refractivity contribution in [3.8, 4) is 0 Å². The SMILES string of the molecule is O=C1OC2(CCN(S(=O)(=O)Cc3ccc(F)cc3)CC2)c2ccccc21. The van der Waals surface area contributed by atoms with Gasteiger partial charge in [0.05, 0.1) is 11.3 Å². The summed E-state index contributed by atoms with van der Waals surface area (Å²) in [7, 11) is -3.52. The van der Waals surface area contributed by atoms with Gasteiger partial charge < -0.3 is 4.74 Å². The van der Waals surface area contributed by atoms with Crippen LogP contribution in [0.25, 0.3) is 0 Å². The molecule has 2 aromatic rings. The first-order valence-corrected chi connectivity index (χ1v) is 10.1. The maximum atomic E-state index is 13.0. The monoisotopic (exact) mass is 375 g/mol. The molecule has 1 fully saturated rings. The number of sulfonamides is 1. The maximum Gasteiger partial charge on any atom is 0.339 e. The van der Waals surface area contributed by atoms with Crippen molar-refractivity contribution >= 4 is 16.0 Å². The van der Waals surface area contributed by atoms with Gasteiger partial charge in [-0.15, -0.1) is 0 Å². The number of hydrogen-bond donors (Lipinski definition) is 0. The summed E-state index contributed by atoms with van der Waals surface area (Å²) in [5.41, 5.74) is 1.23.